The van der Waals surface area contributed by atoms with E-state index in [4.69, 9.17) is 4.98 Å². The lowest BCUT2D eigenvalue weighted by Crippen LogP contribution is -2.22. The Bertz CT molecular complexity index is 1520. The van der Waals surface area contributed by atoms with Crippen LogP contribution in [0.2, 0.25) is 0 Å². The minimum atomic E-state index is -0.314. The Morgan fingerprint density at radius 2 is 1.53 bits per heavy atom. The molecule has 0 saturated heterocycles. The van der Waals surface area contributed by atoms with E-state index in [2.05, 4.69) is 25.5 Å². The molecule has 0 atom stereocenters. The van der Waals surface area contributed by atoms with Gasteiger partial charge in [0.25, 0.3) is 5.91 Å². The Labute approximate surface area is 226 Å². The van der Waals surface area contributed by atoms with Crippen LogP contribution in [0, 0.1) is 0 Å². The fourth-order valence-electron chi connectivity index (χ4n) is 3.89. The number of hydrogen-bond acceptors (Lipinski definition) is 7. The largest absolute Gasteiger partial charge is 0.369 e. The summed E-state index contributed by atoms with van der Waals surface area (Å²) in [6.07, 6.45) is 0. The van der Waals surface area contributed by atoms with E-state index in [1.807, 2.05) is 104 Å². The van der Waals surface area contributed by atoms with E-state index in [1.54, 1.807) is 17.4 Å². The van der Waals surface area contributed by atoms with Crippen molar-refractivity contribution < 1.29 is 4.79 Å². The van der Waals surface area contributed by atoms with Crippen LogP contribution in [0.4, 0.5) is 11.5 Å². The molecule has 0 fully saturated rings. The van der Waals surface area contributed by atoms with Crippen molar-refractivity contribution in [2.75, 3.05) is 37.8 Å². The summed E-state index contributed by atoms with van der Waals surface area (Å²) in [7, 11) is 4.02. The number of aromatic nitrogens is 3. The summed E-state index contributed by atoms with van der Waals surface area (Å²) in [4.78, 5) is 29.7. The molecule has 5 aromatic rings. The third kappa shape index (κ3) is 6.11. The van der Waals surface area contributed by atoms with E-state index < -0.39 is 0 Å². The van der Waals surface area contributed by atoms with Gasteiger partial charge in [-0.2, -0.15) is 0 Å². The standard InChI is InChI=1S/C30H28N6OS/c1-36(2)18-17-31-27-19-25(32-28(35-27)21-11-5-3-6-12-21)29(37)33-24-16-10-9-15-23(24)26-20-38-30(34-26)22-13-7-4-8-14-22/h3-16,19-20H,17-18H2,1-2H3,(H,33,37)(H,31,32,35). The van der Waals surface area contributed by atoms with Crippen molar-refractivity contribution in [1.29, 1.82) is 0 Å². The lowest BCUT2D eigenvalue weighted by atomic mass is 10.1. The highest BCUT2D eigenvalue weighted by molar-refractivity contribution is 7.13. The Hall–Kier alpha value is -4.40. The molecule has 3 aromatic carbocycles. The molecule has 2 heterocycles. The van der Waals surface area contributed by atoms with Gasteiger partial charge in [0.15, 0.2) is 5.82 Å². The maximum atomic E-state index is 13.5. The summed E-state index contributed by atoms with van der Waals surface area (Å²) in [6, 6.07) is 29.1. The predicted molar refractivity (Wildman–Crippen MR) is 155 cm³/mol. The van der Waals surface area contributed by atoms with Crippen molar-refractivity contribution in [3.8, 4) is 33.2 Å². The Balaban J connectivity index is 1.43. The lowest BCUT2D eigenvalue weighted by molar-refractivity contribution is 0.102. The molecule has 0 radical (unpaired) electrons. The van der Waals surface area contributed by atoms with Gasteiger partial charge in [0.2, 0.25) is 0 Å². The molecule has 0 saturated carbocycles. The zero-order valence-electron chi connectivity index (χ0n) is 21.3. The number of anilines is 2. The molecule has 0 aliphatic heterocycles. The molecule has 38 heavy (non-hydrogen) atoms. The van der Waals surface area contributed by atoms with Crippen molar-refractivity contribution in [3.05, 3.63) is 102 Å². The normalized spacial score (nSPS) is 10.9. The molecule has 5 rings (SSSR count). The number of carbonyl (C=O) groups is 1. The first-order chi connectivity index (χ1) is 18.6. The van der Waals surface area contributed by atoms with E-state index in [9.17, 15) is 4.79 Å². The highest BCUT2D eigenvalue weighted by Gasteiger charge is 2.17. The first kappa shape index (κ1) is 25.3. The van der Waals surface area contributed by atoms with Gasteiger partial charge in [-0.05, 0) is 20.2 Å². The van der Waals surface area contributed by atoms with E-state index in [0.29, 0.717) is 23.9 Å². The number of carbonyl (C=O) groups excluding carboxylic acids is 1. The van der Waals surface area contributed by atoms with Crippen LogP contribution < -0.4 is 10.6 Å². The number of hydrogen-bond donors (Lipinski definition) is 2. The smallest absolute Gasteiger partial charge is 0.274 e. The predicted octanol–water partition coefficient (Wildman–Crippen LogP) is 6.16. The molecule has 7 nitrogen and oxygen atoms in total. The van der Waals surface area contributed by atoms with Gasteiger partial charge in [0.1, 0.15) is 16.5 Å². The van der Waals surface area contributed by atoms with E-state index in [1.165, 1.54) is 0 Å². The average Bonchev–Trinajstić information content (AvgIpc) is 3.44. The number of nitrogens with zero attached hydrogens (tertiary/aromatic N) is 4. The Kier molecular flexibility index (Phi) is 7.82. The highest BCUT2D eigenvalue weighted by Crippen LogP contribution is 2.33. The molecule has 0 bridgehead atoms. The molecule has 8 heteroatoms. The second-order valence-electron chi connectivity index (χ2n) is 8.96. The summed E-state index contributed by atoms with van der Waals surface area (Å²) in [6.45, 7) is 1.52. The van der Waals surface area contributed by atoms with Crippen molar-refractivity contribution in [2.45, 2.75) is 0 Å². The number of benzene rings is 3. The summed E-state index contributed by atoms with van der Waals surface area (Å²) < 4.78 is 0. The van der Waals surface area contributed by atoms with Crippen molar-refractivity contribution in [1.82, 2.24) is 19.9 Å². The van der Waals surface area contributed by atoms with Gasteiger partial charge in [0.05, 0.1) is 11.4 Å². The second kappa shape index (κ2) is 11.8. The van der Waals surface area contributed by atoms with Crippen LogP contribution in [0.25, 0.3) is 33.2 Å². The zero-order chi connectivity index (χ0) is 26.3. The van der Waals surface area contributed by atoms with Crippen LogP contribution in [-0.2, 0) is 0 Å². The van der Waals surface area contributed by atoms with Gasteiger partial charge in [0, 0.05) is 41.2 Å². The molecular weight excluding hydrogens is 492 g/mol. The SMILES string of the molecule is CN(C)CCNc1cc(C(=O)Nc2ccccc2-c2csc(-c3ccccc3)n2)nc(-c2ccccc2)n1. The van der Waals surface area contributed by atoms with Gasteiger partial charge in [-0.3, -0.25) is 4.79 Å². The molecule has 190 valence electrons. The van der Waals surface area contributed by atoms with Crippen molar-refractivity contribution in [3.63, 3.8) is 0 Å². The quantitative estimate of drug-likeness (QED) is 0.242. The average molecular weight is 521 g/mol. The Morgan fingerprint density at radius 1 is 0.842 bits per heavy atom. The molecule has 0 aliphatic carbocycles. The third-order valence-corrected chi connectivity index (χ3v) is 6.72. The molecular formula is C30H28N6OS. The van der Waals surface area contributed by atoms with Crippen LogP contribution in [0.1, 0.15) is 10.5 Å². The number of thiazole rings is 1. The fraction of sp³-hybridized carbons (Fsp3) is 0.133. The van der Waals surface area contributed by atoms with Crippen LogP contribution in [-0.4, -0.2) is 52.9 Å². The summed E-state index contributed by atoms with van der Waals surface area (Å²) >= 11 is 1.58. The topological polar surface area (TPSA) is 83.0 Å². The Morgan fingerprint density at radius 3 is 2.26 bits per heavy atom. The van der Waals surface area contributed by atoms with Crippen LogP contribution in [0.15, 0.2) is 96.4 Å². The molecule has 1 amide bonds. The lowest BCUT2D eigenvalue weighted by Gasteiger charge is -2.13. The maximum Gasteiger partial charge on any atom is 0.274 e. The number of para-hydroxylation sites is 1. The van der Waals surface area contributed by atoms with Gasteiger partial charge < -0.3 is 15.5 Å². The summed E-state index contributed by atoms with van der Waals surface area (Å²) in [5.41, 5.74) is 4.51. The number of likely N-dealkylation sites (N-methyl/N-ethyl adjacent to an activating group) is 1. The molecule has 0 unspecified atom stereocenters. The number of amides is 1. The minimum Gasteiger partial charge on any atom is -0.369 e. The van der Waals surface area contributed by atoms with E-state index >= 15 is 0 Å². The monoisotopic (exact) mass is 520 g/mol. The van der Waals surface area contributed by atoms with Gasteiger partial charge in [-0.1, -0.05) is 78.9 Å². The highest BCUT2D eigenvalue weighted by atomic mass is 32.1. The van der Waals surface area contributed by atoms with Gasteiger partial charge in [-0.25, -0.2) is 15.0 Å². The first-order valence-electron chi connectivity index (χ1n) is 12.3. The first-order valence-corrected chi connectivity index (χ1v) is 13.2. The number of nitrogens with one attached hydrogen (secondary N) is 2. The maximum absolute atomic E-state index is 13.5. The second-order valence-corrected chi connectivity index (χ2v) is 9.82. The summed E-state index contributed by atoms with van der Waals surface area (Å²) in [5, 5.41) is 9.31. The van der Waals surface area contributed by atoms with E-state index in [-0.39, 0.29) is 11.6 Å². The summed E-state index contributed by atoms with van der Waals surface area (Å²) in [5.74, 6) is 0.781. The zero-order valence-corrected chi connectivity index (χ0v) is 22.1. The van der Waals surface area contributed by atoms with Gasteiger partial charge >= 0.3 is 0 Å². The van der Waals surface area contributed by atoms with Gasteiger partial charge in [-0.15, -0.1) is 11.3 Å². The molecule has 0 aliphatic rings. The van der Waals surface area contributed by atoms with Crippen LogP contribution >= 0.6 is 11.3 Å². The van der Waals surface area contributed by atoms with Crippen LogP contribution in [0.5, 0.6) is 0 Å². The fourth-order valence-corrected chi connectivity index (χ4v) is 4.72. The van der Waals surface area contributed by atoms with Crippen molar-refractivity contribution in [2.24, 2.45) is 0 Å². The van der Waals surface area contributed by atoms with E-state index in [0.717, 1.165) is 33.9 Å². The minimum absolute atomic E-state index is 0.282. The van der Waals surface area contributed by atoms with Crippen molar-refractivity contribution >= 4 is 28.7 Å². The third-order valence-electron chi connectivity index (χ3n) is 5.83. The number of rotatable bonds is 9. The molecule has 2 N–H and O–H groups in total. The molecule has 0 spiro atoms. The molecule has 2 aromatic heterocycles. The van der Waals surface area contributed by atoms with Crippen LogP contribution in [0.3, 0.4) is 0 Å².